The van der Waals surface area contributed by atoms with Crippen LogP contribution < -0.4 is 4.72 Å². The zero-order valence-electron chi connectivity index (χ0n) is 18.0. The summed E-state index contributed by atoms with van der Waals surface area (Å²) in [6.45, 7) is 0.418. The van der Waals surface area contributed by atoms with Crippen LogP contribution in [0.5, 0.6) is 0 Å². The monoisotopic (exact) mass is 466 g/mol. The second kappa shape index (κ2) is 9.46. The van der Waals surface area contributed by atoms with Gasteiger partial charge in [-0.1, -0.05) is 30.3 Å². The Kier molecular flexibility index (Phi) is 6.46. The molecule has 0 fully saturated rings. The van der Waals surface area contributed by atoms with Crippen molar-refractivity contribution in [1.29, 1.82) is 0 Å². The van der Waals surface area contributed by atoms with Crippen LogP contribution in [0.1, 0.15) is 17.5 Å². The smallest absolute Gasteiger partial charge is 0.307 e. The molecule has 0 saturated heterocycles. The summed E-state index contributed by atoms with van der Waals surface area (Å²) in [5, 5.41) is 0.845. The van der Waals surface area contributed by atoms with Gasteiger partial charge in [0, 0.05) is 29.3 Å². The second-order valence-corrected chi connectivity index (χ2v) is 9.31. The fourth-order valence-electron chi connectivity index (χ4n) is 3.71. The Morgan fingerprint density at radius 1 is 1.03 bits per heavy atom. The molecule has 1 heterocycles. The topological polar surface area (TPSA) is 77.4 Å². The zero-order valence-corrected chi connectivity index (χ0v) is 18.8. The van der Waals surface area contributed by atoms with Crippen LogP contribution in [-0.4, -0.2) is 26.1 Å². The van der Waals surface area contributed by atoms with Gasteiger partial charge in [0.2, 0.25) is 0 Å². The Morgan fingerprint density at radius 3 is 2.45 bits per heavy atom. The lowest BCUT2D eigenvalue weighted by Crippen LogP contribution is -2.12. The highest BCUT2D eigenvalue weighted by Crippen LogP contribution is 2.28. The predicted octanol–water partition coefficient (Wildman–Crippen LogP) is 4.74. The Hall–Kier alpha value is -3.65. The van der Waals surface area contributed by atoms with Crippen LogP contribution in [0.15, 0.2) is 83.9 Å². The predicted molar refractivity (Wildman–Crippen MR) is 125 cm³/mol. The molecule has 4 rings (SSSR count). The Bertz CT molecular complexity index is 1380. The molecule has 1 N–H and O–H groups in total. The minimum atomic E-state index is -3.74. The maximum absolute atomic E-state index is 13.3. The van der Waals surface area contributed by atoms with Crippen molar-refractivity contribution in [2.24, 2.45) is 0 Å². The van der Waals surface area contributed by atoms with E-state index >= 15 is 0 Å². The number of methoxy groups -OCH3 is 1. The normalized spacial score (nSPS) is 11.5. The van der Waals surface area contributed by atoms with Crippen LogP contribution in [0.2, 0.25) is 0 Å². The van der Waals surface area contributed by atoms with Crippen LogP contribution >= 0.6 is 0 Å². The van der Waals surface area contributed by atoms with Gasteiger partial charge in [0.15, 0.2) is 0 Å². The maximum Gasteiger partial charge on any atom is 0.307 e. The highest BCUT2D eigenvalue weighted by Gasteiger charge is 2.16. The molecule has 0 aliphatic rings. The number of nitrogens with one attached hydrogen (secondary N) is 1. The van der Waals surface area contributed by atoms with E-state index in [0.29, 0.717) is 18.7 Å². The number of carbonyl (C=O) groups is 1. The van der Waals surface area contributed by atoms with Crippen LogP contribution in [0, 0.1) is 5.82 Å². The van der Waals surface area contributed by atoms with Crippen LogP contribution in [-0.2, 0) is 32.5 Å². The quantitative estimate of drug-likeness (QED) is 0.381. The highest BCUT2D eigenvalue weighted by atomic mass is 32.2. The number of rotatable bonds is 8. The molecule has 3 aromatic carbocycles. The van der Waals surface area contributed by atoms with E-state index in [4.69, 9.17) is 4.74 Å². The van der Waals surface area contributed by atoms with E-state index < -0.39 is 10.0 Å². The first-order chi connectivity index (χ1) is 15.9. The molecule has 0 aliphatic carbocycles. The van der Waals surface area contributed by atoms with Crippen molar-refractivity contribution in [2.45, 2.75) is 24.3 Å². The molecule has 0 atom stereocenters. The number of aryl methyl sites for hydroxylation is 1. The fourth-order valence-corrected chi connectivity index (χ4v) is 4.78. The van der Waals surface area contributed by atoms with Gasteiger partial charge in [-0.3, -0.25) is 9.52 Å². The van der Waals surface area contributed by atoms with E-state index in [2.05, 4.69) is 4.72 Å². The molecule has 0 spiro atoms. The average Bonchev–Trinajstić information content (AvgIpc) is 3.15. The van der Waals surface area contributed by atoms with E-state index in [0.717, 1.165) is 22.0 Å². The van der Waals surface area contributed by atoms with Crippen molar-refractivity contribution in [3.05, 3.63) is 95.9 Å². The van der Waals surface area contributed by atoms with Gasteiger partial charge in [-0.15, -0.1) is 0 Å². The second-order valence-electron chi connectivity index (χ2n) is 7.63. The summed E-state index contributed by atoms with van der Waals surface area (Å²) >= 11 is 0. The van der Waals surface area contributed by atoms with Crippen molar-refractivity contribution in [2.75, 3.05) is 11.8 Å². The van der Waals surface area contributed by atoms with Gasteiger partial charge in [-0.2, -0.15) is 0 Å². The summed E-state index contributed by atoms with van der Waals surface area (Å²) < 4.78 is 48.2. The number of hydrogen-bond donors (Lipinski definition) is 1. The van der Waals surface area contributed by atoms with E-state index in [1.54, 1.807) is 42.5 Å². The molecular weight excluding hydrogens is 443 g/mol. The Morgan fingerprint density at radius 2 is 1.76 bits per heavy atom. The third-order valence-corrected chi connectivity index (χ3v) is 6.76. The molecule has 0 radical (unpaired) electrons. The third kappa shape index (κ3) is 5.23. The van der Waals surface area contributed by atoms with Gasteiger partial charge in [-0.05, 0) is 60.0 Å². The van der Waals surface area contributed by atoms with Crippen LogP contribution in [0.4, 0.5) is 10.1 Å². The van der Waals surface area contributed by atoms with Crippen molar-refractivity contribution >= 4 is 32.6 Å². The number of carbonyl (C=O) groups excluding carboxylic acids is 1. The third-order valence-electron chi connectivity index (χ3n) is 5.36. The molecule has 0 saturated carbocycles. The van der Waals surface area contributed by atoms with Crippen molar-refractivity contribution in [3.63, 3.8) is 0 Å². The maximum atomic E-state index is 13.3. The highest BCUT2D eigenvalue weighted by molar-refractivity contribution is 7.92. The minimum Gasteiger partial charge on any atom is -0.469 e. The van der Waals surface area contributed by atoms with Crippen molar-refractivity contribution in [1.82, 2.24) is 4.57 Å². The van der Waals surface area contributed by atoms with Gasteiger partial charge in [-0.25, -0.2) is 12.8 Å². The Balaban J connectivity index is 1.71. The number of aromatic nitrogens is 1. The van der Waals surface area contributed by atoms with E-state index in [-0.39, 0.29) is 23.1 Å². The van der Waals surface area contributed by atoms with Crippen LogP contribution in [0.25, 0.3) is 10.9 Å². The number of hydrogen-bond acceptors (Lipinski definition) is 4. The average molecular weight is 467 g/mol. The first kappa shape index (κ1) is 22.5. The summed E-state index contributed by atoms with van der Waals surface area (Å²) in [5.74, 6) is -0.624. The van der Waals surface area contributed by atoms with Gasteiger partial charge in [0.1, 0.15) is 5.82 Å². The number of halogens is 1. The van der Waals surface area contributed by atoms with Crippen molar-refractivity contribution < 1.29 is 22.3 Å². The first-order valence-electron chi connectivity index (χ1n) is 10.4. The van der Waals surface area contributed by atoms with Gasteiger partial charge in [0.05, 0.1) is 18.4 Å². The molecule has 0 unspecified atom stereocenters. The zero-order chi connectivity index (χ0) is 23.4. The van der Waals surface area contributed by atoms with Crippen LogP contribution in [0.3, 0.4) is 0 Å². The molecule has 170 valence electrons. The molecular formula is C25H23FN2O4S. The summed E-state index contributed by atoms with van der Waals surface area (Å²) in [6.07, 6.45) is 2.67. The molecule has 8 heteroatoms. The molecule has 0 amide bonds. The van der Waals surface area contributed by atoms with E-state index in [1.807, 2.05) is 16.8 Å². The summed E-state index contributed by atoms with van der Waals surface area (Å²) in [6, 6.07) is 19.7. The number of ether oxygens (including phenoxy) is 1. The number of nitrogens with zero attached hydrogens (tertiary/aromatic N) is 1. The lowest BCUT2D eigenvalue weighted by Gasteiger charge is -2.09. The lowest BCUT2D eigenvalue weighted by atomic mass is 10.0. The largest absolute Gasteiger partial charge is 0.469 e. The van der Waals surface area contributed by atoms with E-state index in [9.17, 15) is 17.6 Å². The van der Waals surface area contributed by atoms with Gasteiger partial charge in [0.25, 0.3) is 10.0 Å². The number of esters is 1. The number of fused-ring (bicyclic) bond motifs is 1. The number of benzene rings is 3. The van der Waals surface area contributed by atoms with Gasteiger partial charge < -0.3 is 9.30 Å². The Labute approximate surface area is 191 Å². The molecule has 4 aromatic rings. The minimum absolute atomic E-state index is 0.173. The summed E-state index contributed by atoms with van der Waals surface area (Å²) in [5.41, 5.74) is 3.14. The number of sulfonamides is 1. The SMILES string of the molecule is COC(=O)CCn1cc(Cc2ccc(F)cc2)c2cc(NS(=O)(=O)c3ccccc3)ccc21. The molecule has 0 bridgehead atoms. The lowest BCUT2D eigenvalue weighted by molar-refractivity contribution is -0.140. The first-order valence-corrected chi connectivity index (χ1v) is 11.8. The number of anilines is 1. The molecule has 0 aliphatic heterocycles. The van der Waals surface area contributed by atoms with Crippen molar-refractivity contribution in [3.8, 4) is 0 Å². The molecule has 33 heavy (non-hydrogen) atoms. The van der Waals surface area contributed by atoms with Gasteiger partial charge >= 0.3 is 5.97 Å². The summed E-state index contributed by atoms with van der Waals surface area (Å²) in [4.78, 5) is 11.8. The molecule has 6 nitrogen and oxygen atoms in total. The standard InChI is InChI=1S/C25H23FN2O4S/c1-32-25(29)13-14-28-17-19(15-18-7-9-20(26)10-8-18)23-16-21(11-12-24(23)28)27-33(30,31)22-5-3-2-4-6-22/h2-12,16-17,27H,13-15H2,1H3. The molecule has 1 aromatic heterocycles. The fraction of sp³-hybridized carbons (Fsp3) is 0.160. The van der Waals surface area contributed by atoms with E-state index in [1.165, 1.54) is 31.4 Å². The summed E-state index contributed by atoms with van der Waals surface area (Å²) in [7, 11) is -2.39.